The number of ether oxygens (including phenoxy) is 1. The van der Waals surface area contributed by atoms with Gasteiger partial charge in [-0.3, -0.25) is 0 Å². The van der Waals surface area contributed by atoms with Crippen LogP contribution in [0.4, 0.5) is 0 Å². The van der Waals surface area contributed by atoms with Crippen molar-refractivity contribution < 1.29 is 9.53 Å². The van der Waals surface area contributed by atoms with E-state index >= 15 is 0 Å². The van der Waals surface area contributed by atoms with E-state index in [1.807, 2.05) is 25.1 Å². The topological polar surface area (TPSA) is 26.3 Å². The van der Waals surface area contributed by atoms with E-state index in [1.54, 1.807) is 6.08 Å². The molecule has 0 saturated heterocycles. The van der Waals surface area contributed by atoms with Crippen molar-refractivity contribution in [2.24, 2.45) is 0 Å². The maximum Gasteiger partial charge on any atom is 0.334 e. The maximum absolute atomic E-state index is 12.1. The predicted molar refractivity (Wildman–Crippen MR) is 109 cm³/mol. The lowest BCUT2D eigenvalue weighted by molar-refractivity contribution is -0.136. The summed E-state index contributed by atoms with van der Waals surface area (Å²) >= 11 is 0. The molecule has 128 valence electrons. The van der Waals surface area contributed by atoms with Gasteiger partial charge in [-0.1, -0.05) is 54.6 Å². The Labute approximate surface area is 154 Å². The van der Waals surface area contributed by atoms with Gasteiger partial charge in [0.25, 0.3) is 0 Å². The summed E-state index contributed by atoms with van der Waals surface area (Å²) in [4.78, 5) is 12.1. The maximum atomic E-state index is 12.1. The Kier molecular flexibility index (Phi) is 4.44. The minimum absolute atomic E-state index is 0.250. The van der Waals surface area contributed by atoms with Crippen molar-refractivity contribution in [1.29, 1.82) is 0 Å². The molecule has 3 aromatic carbocycles. The van der Waals surface area contributed by atoms with Crippen LogP contribution in [0.15, 0.2) is 103 Å². The van der Waals surface area contributed by atoms with Crippen molar-refractivity contribution in [1.82, 2.24) is 0 Å². The molecule has 1 heterocycles. The summed E-state index contributed by atoms with van der Waals surface area (Å²) in [7, 11) is -2.21. The number of rotatable bonds is 4. The molecule has 0 aliphatic carbocycles. The molecule has 0 fully saturated rings. The van der Waals surface area contributed by atoms with Crippen LogP contribution in [0.2, 0.25) is 0 Å². The number of hydrogen-bond acceptors (Lipinski definition) is 2. The van der Waals surface area contributed by atoms with Crippen LogP contribution in [-0.4, -0.2) is 11.8 Å². The van der Waals surface area contributed by atoms with Gasteiger partial charge in [0.1, 0.15) is 15.9 Å². The zero-order chi connectivity index (χ0) is 18.0. The fourth-order valence-corrected chi connectivity index (χ4v) is 8.30. The second-order valence-electron chi connectivity index (χ2n) is 6.41. The quantitative estimate of drug-likeness (QED) is 0.523. The standard InChI is InChI=1S/C23H20O2P/c1-18-17-22(24)25-23(18)26(19-11-5-2-6-12-19,20-13-7-3-8-14-20)21-15-9-4-10-16-21/h2-17,23H,1H3/q+1. The number of hydrogen-bond donors (Lipinski definition) is 0. The summed E-state index contributed by atoms with van der Waals surface area (Å²) in [5, 5.41) is 3.64. The summed E-state index contributed by atoms with van der Waals surface area (Å²) in [6.07, 6.45) is 1.63. The van der Waals surface area contributed by atoms with Crippen molar-refractivity contribution >= 4 is 29.1 Å². The third kappa shape index (κ3) is 2.67. The highest BCUT2D eigenvalue weighted by atomic mass is 31.2. The molecule has 0 aromatic heterocycles. The molecular weight excluding hydrogens is 339 g/mol. The number of carbonyl (C=O) groups excluding carboxylic acids is 1. The minimum atomic E-state index is -2.21. The Morgan fingerprint density at radius 2 is 1.08 bits per heavy atom. The molecule has 0 radical (unpaired) electrons. The van der Waals surface area contributed by atoms with Crippen LogP contribution >= 0.6 is 7.26 Å². The number of esters is 1. The van der Waals surface area contributed by atoms with Gasteiger partial charge in [0.15, 0.2) is 7.26 Å². The Morgan fingerprint density at radius 1 is 0.692 bits per heavy atom. The van der Waals surface area contributed by atoms with Crippen molar-refractivity contribution in [3.8, 4) is 0 Å². The van der Waals surface area contributed by atoms with Gasteiger partial charge in [-0.15, -0.1) is 0 Å². The van der Waals surface area contributed by atoms with Gasteiger partial charge in [-0.2, -0.15) is 0 Å². The summed E-state index contributed by atoms with van der Waals surface area (Å²) in [5.74, 6) is -0.526. The molecule has 1 atom stereocenters. The third-order valence-corrected chi connectivity index (χ3v) is 9.36. The van der Waals surface area contributed by atoms with Crippen LogP contribution in [0.1, 0.15) is 6.92 Å². The third-order valence-electron chi connectivity index (χ3n) is 4.80. The summed E-state index contributed by atoms with van der Waals surface area (Å²) in [5.41, 5.74) is 0.986. The van der Waals surface area contributed by atoms with Crippen LogP contribution < -0.4 is 15.9 Å². The van der Waals surface area contributed by atoms with Crippen LogP contribution in [0, 0.1) is 0 Å². The van der Waals surface area contributed by atoms with E-state index in [4.69, 9.17) is 4.74 Å². The summed E-state index contributed by atoms with van der Waals surface area (Å²) < 4.78 is 5.92. The van der Waals surface area contributed by atoms with Crippen molar-refractivity contribution in [2.75, 3.05) is 0 Å². The average molecular weight is 359 g/mol. The molecule has 0 N–H and O–H groups in total. The first kappa shape index (κ1) is 16.8. The largest absolute Gasteiger partial charge is 0.419 e. The lowest BCUT2D eigenvalue weighted by Crippen LogP contribution is -2.39. The first-order chi connectivity index (χ1) is 12.7. The number of cyclic esters (lactones) is 1. The van der Waals surface area contributed by atoms with Crippen LogP contribution in [0.25, 0.3) is 0 Å². The second-order valence-corrected chi connectivity index (χ2v) is 9.87. The fourth-order valence-electron chi connectivity index (χ4n) is 3.72. The summed E-state index contributed by atoms with van der Waals surface area (Å²) in [6, 6.07) is 31.4. The molecule has 1 aliphatic heterocycles. The molecule has 0 amide bonds. The Bertz CT molecular complexity index is 837. The normalized spacial score (nSPS) is 16.9. The SMILES string of the molecule is CC1=CC(=O)OC1[P+](c1ccccc1)(c1ccccc1)c1ccccc1. The molecule has 0 spiro atoms. The average Bonchev–Trinajstić information content (AvgIpc) is 3.03. The van der Waals surface area contributed by atoms with Crippen LogP contribution in [0.3, 0.4) is 0 Å². The van der Waals surface area contributed by atoms with Crippen molar-refractivity contribution in [3.63, 3.8) is 0 Å². The highest BCUT2D eigenvalue weighted by Gasteiger charge is 2.57. The van der Waals surface area contributed by atoms with Gasteiger partial charge >= 0.3 is 5.97 Å². The molecule has 3 aromatic rings. The molecule has 2 nitrogen and oxygen atoms in total. The van der Waals surface area contributed by atoms with E-state index in [0.29, 0.717) is 0 Å². The van der Waals surface area contributed by atoms with E-state index in [9.17, 15) is 4.79 Å². The van der Waals surface area contributed by atoms with Gasteiger partial charge in [0.05, 0.1) is 0 Å². The zero-order valence-electron chi connectivity index (χ0n) is 14.6. The van der Waals surface area contributed by atoms with Gasteiger partial charge in [0, 0.05) is 11.6 Å². The number of carbonyl (C=O) groups is 1. The van der Waals surface area contributed by atoms with Gasteiger partial charge in [0.2, 0.25) is 5.85 Å². The van der Waals surface area contributed by atoms with E-state index in [-0.39, 0.29) is 11.8 Å². The smallest absolute Gasteiger partial charge is 0.334 e. The van der Waals surface area contributed by atoms with E-state index in [1.165, 1.54) is 15.9 Å². The highest BCUT2D eigenvalue weighted by Crippen LogP contribution is 2.63. The Balaban J connectivity index is 2.08. The molecule has 1 unspecified atom stereocenters. The lowest BCUT2D eigenvalue weighted by atomic mass is 10.3. The fraction of sp³-hybridized carbons (Fsp3) is 0.0870. The monoisotopic (exact) mass is 359 g/mol. The molecule has 0 saturated carbocycles. The summed E-state index contributed by atoms with van der Waals surface area (Å²) in [6.45, 7) is 2.00. The van der Waals surface area contributed by atoms with E-state index < -0.39 is 7.26 Å². The Morgan fingerprint density at radius 3 is 1.38 bits per heavy atom. The van der Waals surface area contributed by atoms with Gasteiger partial charge in [-0.25, -0.2) is 4.79 Å². The number of benzene rings is 3. The van der Waals surface area contributed by atoms with E-state index in [2.05, 4.69) is 72.8 Å². The highest BCUT2D eigenvalue weighted by molar-refractivity contribution is 7.96. The van der Waals surface area contributed by atoms with Crippen LogP contribution in [-0.2, 0) is 9.53 Å². The second kappa shape index (κ2) is 6.90. The first-order valence-corrected chi connectivity index (χ1v) is 10.5. The van der Waals surface area contributed by atoms with Crippen LogP contribution in [0.5, 0.6) is 0 Å². The Hall–Kier alpha value is -2.70. The molecule has 0 bridgehead atoms. The zero-order valence-corrected chi connectivity index (χ0v) is 15.5. The molecule has 4 rings (SSSR count). The van der Waals surface area contributed by atoms with E-state index in [0.717, 1.165) is 5.57 Å². The first-order valence-electron chi connectivity index (χ1n) is 8.67. The molecule has 1 aliphatic rings. The lowest BCUT2D eigenvalue weighted by Gasteiger charge is -2.32. The minimum Gasteiger partial charge on any atom is -0.419 e. The van der Waals surface area contributed by atoms with Crippen molar-refractivity contribution in [2.45, 2.75) is 12.8 Å². The molecule has 26 heavy (non-hydrogen) atoms. The van der Waals surface area contributed by atoms with Crippen molar-refractivity contribution in [3.05, 3.63) is 103 Å². The predicted octanol–water partition coefficient (Wildman–Crippen LogP) is 3.81. The molecular formula is C23H20O2P+. The van der Waals surface area contributed by atoms with Gasteiger partial charge < -0.3 is 4.74 Å². The molecule has 3 heteroatoms. The van der Waals surface area contributed by atoms with Gasteiger partial charge in [-0.05, 0) is 43.3 Å².